The van der Waals surface area contributed by atoms with Crippen LogP contribution in [0.5, 0.6) is 0 Å². The van der Waals surface area contributed by atoms with Gasteiger partial charge in [-0.05, 0) is 17.7 Å². The van der Waals surface area contributed by atoms with Crippen molar-refractivity contribution in [2.24, 2.45) is 22.2 Å². The standard InChI is InChI=1S/C11H17N5O2.C2HF3O2/c12-9(15-6-10(17)18)5-7-1-3-8(4-2-7)16-11(13)14;3-2(4,5)1(6)7/h1-4,9,15H,5-6,12H2,(H,17,18)(H4,13,14,16);(H,6,7). The fourth-order valence-electron chi connectivity index (χ4n) is 1.40. The summed E-state index contributed by atoms with van der Waals surface area (Å²) in [6.07, 6.45) is -4.97. The summed E-state index contributed by atoms with van der Waals surface area (Å²) in [6, 6.07) is 7.20. The van der Waals surface area contributed by atoms with Crippen LogP contribution in [0.2, 0.25) is 0 Å². The van der Waals surface area contributed by atoms with E-state index in [-0.39, 0.29) is 12.5 Å². The molecule has 1 aromatic carbocycles. The van der Waals surface area contributed by atoms with E-state index in [4.69, 9.17) is 32.2 Å². The number of halogens is 3. The van der Waals surface area contributed by atoms with E-state index in [1.165, 1.54) is 0 Å². The van der Waals surface area contributed by atoms with Gasteiger partial charge in [0, 0.05) is 6.42 Å². The number of alkyl halides is 3. The molecular weight excluding hydrogens is 347 g/mol. The van der Waals surface area contributed by atoms with Crippen LogP contribution < -0.4 is 22.5 Å². The highest BCUT2D eigenvalue weighted by molar-refractivity contribution is 5.78. The zero-order valence-electron chi connectivity index (χ0n) is 12.8. The number of aliphatic imine (C=N–C) groups is 1. The molecule has 1 atom stereocenters. The van der Waals surface area contributed by atoms with Crippen molar-refractivity contribution in [1.82, 2.24) is 5.32 Å². The lowest BCUT2D eigenvalue weighted by Gasteiger charge is -2.12. The van der Waals surface area contributed by atoms with Crippen LogP contribution in [0.4, 0.5) is 18.9 Å². The lowest BCUT2D eigenvalue weighted by Crippen LogP contribution is -2.41. The molecule has 12 heteroatoms. The third-order valence-electron chi connectivity index (χ3n) is 2.41. The molecule has 0 aliphatic rings. The summed E-state index contributed by atoms with van der Waals surface area (Å²) >= 11 is 0. The van der Waals surface area contributed by atoms with Gasteiger partial charge in [0.15, 0.2) is 5.96 Å². The first-order valence-corrected chi connectivity index (χ1v) is 6.61. The van der Waals surface area contributed by atoms with Gasteiger partial charge in [-0.2, -0.15) is 13.2 Å². The van der Waals surface area contributed by atoms with E-state index < -0.39 is 24.3 Å². The average molecular weight is 365 g/mol. The van der Waals surface area contributed by atoms with Crippen molar-refractivity contribution in [2.45, 2.75) is 18.8 Å². The number of hydrogen-bond acceptors (Lipinski definition) is 5. The molecule has 9 N–H and O–H groups in total. The molecule has 9 nitrogen and oxygen atoms in total. The predicted octanol–water partition coefficient (Wildman–Crippen LogP) is -0.274. The molecule has 0 aromatic heterocycles. The molecule has 1 unspecified atom stereocenters. The molecule has 0 fully saturated rings. The number of benzene rings is 1. The maximum absolute atomic E-state index is 10.6. The van der Waals surface area contributed by atoms with Gasteiger partial charge in [-0.15, -0.1) is 0 Å². The summed E-state index contributed by atoms with van der Waals surface area (Å²) in [4.78, 5) is 23.1. The van der Waals surface area contributed by atoms with Gasteiger partial charge in [0.25, 0.3) is 0 Å². The van der Waals surface area contributed by atoms with Crippen LogP contribution >= 0.6 is 0 Å². The maximum Gasteiger partial charge on any atom is 0.490 e. The summed E-state index contributed by atoms with van der Waals surface area (Å²) in [5.41, 5.74) is 17.9. The number of rotatable bonds is 6. The monoisotopic (exact) mass is 365 g/mol. The summed E-state index contributed by atoms with van der Waals surface area (Å²) in [5.74, 6) is -3.69. The van der Waals surface area contributed by atoms with Crippen molar-refractivity contribution in [3.05, 3.63) is 29.8 Å². The molecule has 1 rings (SSSR count). The second-order valence-corrected chi connectivity index (χ2v) is 4.59. The lowest BCUT2D eigenvalue weighted by molar-refractivity contribution is -0.192. The predicted molar refractivity (Wildman–Crippen MR) is 82.9 cm³/mol. The number of carboxylic acids is 2. The smallest absolute Gasteiger partial charge is 0.480 e. The Morgan fingerprint density at radius 2 is 1.64 bits per heavy atom. The SMILES string of the molecule is NC(N)=Nc1ccc(CC(N)NCC(=O)O)cc1.O=C(O)C(F)(F)F. The Balaban J connectivity index is 0.000000697. The zero-order chi connectivity index (χ0) is 19.6. The van der Waals surface area contributed by atoms with Gasteiger partial charge in [0.2, 0.25) is 0 Å². The molecule has 0 bridgehead atoms. The Hall–Kier alpha value is -2.86. The zero-order valence-corrected chi connectivity index (χ0v) is 12.8. The van der Waals surface area contributed by atoms with Gasteiger partial charge in [0.1, 0.15) is 0 Å². The minimum absolute atomic E-state index is 0.00239. The minimum Gasteiger partial charge on any atom is -0.480 e. The van der Waals surface area contributed by atoms with Crippen LogP contribution in [-0.4, -0.2) is 47.0 Å². The Morgan fingerprint density at radius 3 is 2.00 bits per heavy atom. The molecule has 0 radical (unpaired) electrons. The van der Waals surface area contributed by atoms with Crippen LogP contribution in [0.1, 0.15) is 5.56 Å². The second kappa shape index (κ2) is 10.1. The van der Waals surface area contributed by atoms with E-state index in [1.807, 2.05) is 12.1 Å². The van der Waals surface area contributed by atoms with Crippen molar-refractivity contribution in [3.63, 3.8) is 0 Å². The van der Waals surface area contributed by atoms with Crippen molar-refractivity contribution in [3.8, 4) is 0 Å². The number of hydrogen-bond donors (Lipinski definition) is 6. The Bertz CT molecular complexity index is 601. The molecule has 1 aromatic rings. The second-order valence-electron chi connectivity index (χ2n) is 4.59. The molecule has 0 aliphatic heterocycles. The van der Waals surface area contributed by atoms with Gasteiger partial charge in [-0.25, -0.2) is 9.79 Å². The van der Waals surface area contributed by atoms with E-state index in [1.54, 1.807) is 12.1 Å². The molecule has 0 spiro atoms. The number of carboxylic acid groups (broad SMARTS) is 2. The minimum atomic E-state index is -5.08. The molecule has 0 amide bonds. The summed E-state index contributed by atoms with van der Waals surface area (Å²) in [6.45, 7) is -0.159. The van der Waals surface area contributed by atoms with Crippen LogP contribution in [0, 0.1) is 0 Å². The normalized spacial score (nSPS) is 11.7. The van der Waals surface area contributed by atoms with Gasteiger partial charge in [-0.3, -0.25) is 10.1 Å². The van der Waals surface area contributed by atoms with Gasteiger partial charge >= 0.3 is 18.1 Å². The van der Waals surface area contributed by atoms with Crippen LogP contribution in [0.15, 0.2) is 29.3 Å². The highest BCUT2D eigenvalue weighted by Crippen LogP contribution is 2.13. The summed E-state index contributed by atoms with van der Waals surface area (Å²) < 4.78 is 31.7. The first kappa shape index (κ1) is 22.1. The highest BCUT2D eigenvalue weighted by atomic mass is 19.4. The quantitative estimate of drug-likeness (QED) is 0.226. The molecule has 0 saturated carbocycles. The van der Waals surface area contributed by atoms with E-state index in [0.717, 1.165) is 5.56 Å². The van der Waals surface area contributed by atoms with E-state index in [2.05, 4.69) is 10.3 Å². The van der Waals surface area contributed by atoms with Crippen molar-refractivity contribution < 1.29 is 33.0 Å². The van der Waals surface area contributed by atoms with Crippen molar-refractivity contribution >= 4 is 23.6 Å². The molecule has 0 saturated heterocycles. The van der Waals surface area contributed by atoms with Gasteiger partial charge in [0.05, 0.1) is 18.4 Å². The van der Waals surface area contributed by atoms with Crippen molar-refractivity contribution in [2.75, 3.05) is 6.54 Å². The van der Waals surface area contributed by atoms with E-state index >= 15 is 0 Å². The van der Waals surface area contributed by atoms with Crippen molar-refractivity contribution in [1.29, 1.82) is 0 Å². The van der Waals surface area contributed by atoms with Crippen LogP contribution in [-0.2, 0) is 16.0 Å². The summed E-state index contributed by atoms with van der Waals surface area (Å²) in [7, 11) is 0. The van der Waals surface area contributed by atoms with Gasteiger partial charge < -0.3 is 27.4 Å². The largest absolute Gasteiger partial charge is 0.490 e. The number of aliphatic carboxylic acids is 2. The fraction of sp³-hybridized carbons (Fsp3) is 0.308. The Morgan fingerprint density at radius 1 is 1.16 bits per heavy atom. The molecule has 0 heterocycles. The van der Waals surface area contributed by atoms with E-state index in [9.17, 15) is 18.0 Å². The average Bonchev–Trinajstić information content (AvgIpc) is 2.46. The molecular formula is C13H18F3N5O4. The number of nitrogens with one attached hydrogen (secondary N) is 1. The number of guanidine groups is 1. The fourth-order valence-corrected chi connectivity index (χ4v) is 1.40. The molecule has 25 heavy (non-hydrogen) atoms. The third-order valence-corrected chi connectivity index (χ3v) is 2.41. The van der Waals surface area contributed by atoms with Crippen LogP contribution in [0.3, 0.4) is 0 Å². The summed E-state index contributed by atoms with van der Waals surface area (Å²) in [5, 5.41) is 18.3. The number of nitrogens with zero attached hydrogens (tertiary/aromatic N) is 1. The first-order valence-electron chi connectivity index (χ1n) is 6.61. The molecule has 0 aliphatic carbocycles. The van der Waals surface area contributed by atoms with Gasteiger partial charge in [-0.1, -0.05) is 12.1 Å². The third kappa shape index (κ3) is 11.3. The lowest BCUT2D eigenvalue weighted by atomic mass is 10.1. The highest BCUT2D eigenvalue weighted by Gasteiger charge is 2.38. The number of nitrogens with two attached hydrogens (primary N) is 3. The Labute approximate surface area is 140 Å². The first-order chi connectivity index (χ1) is 11.4. The topological polar surface area (TPSA) is 177 Å². The molecule has 140 valence electrons. The maximum atomic E-state index is 10.6. The van der Waals surface area contributed by atoms with E-state index in [0.29, 0.717) is 12.1 Å². The van der Waals surface area contributed by atoms with Crippen LogP contribution in [0.25, 0.3) is 0 Å². The number of carbonyl (C=O) groups is 2. The Kier molecular flexibility index (Phi) is 8.94.